The van der Waals surface area contributed by atoms with Crippen LogP contribution in [0.5, 0.6) is 0 Å². The molecule has 0 radical (unpaired) electrons. The molecule has 0 atom stereocenters. The van der Waals surface area contributed by atoms with E-state index in [-0.39, 0.29) is 17.2 Å². The van der Waals surface area contributed by atoms with Crippen LogP contribution in [0.25, 0.3) is 0 Å². The molecule has 1 aromatic heterocycles. The quantitative estimate of drug-likeness (QED) is 0.779. The van der Waals surface area contributed by atoms with Gasteiger partial charge in [-0.05, 0) is 35.9 Å². The van der Waals surface area contributed by atoms with Gasteiger partial charge >= 0.3 is 0 Å². The zero-order valence-corrected chi connectivity index (χ0v) is 15.5. The average Bonchev–Trinajstić information content (AvgIpc) is 3.21. The van der Waals surface area contributed by atoms with Gasteiger partial charge in [0.25, 0.3) is 11.8 Å². The van der Waals surface area contributed by atoms with Crippen molar-refractivity contribution in [1.29, 1.82) is 0 Å². The fourth-order valence-electron chi connectivity index (χ4n) is 4.26. The number of benzene rings is 1. The van der Waals surface area contributed by atoms with Crippen molar-refractivity contribution in [2.45, 2.75) is 18.3 Å². The Balaban J connectivity index is 1.60. The summed E-state index contributed by atoms with van der Waals surface area (Å²) in [6, 6.07) is 9.85. The summed E-state index contributed by atoms with van der Waals surface area (Å²) in [5.74, 6) is 0.201. The maximum atomic E-state index is 12.8. The van der Waals surface area contributed by atoms with Gasteiger partial charge in [-0.3, -0.25) is 9.59 Å². The van der Waals surface area contributed by atoms with Crippen LogP contribution in [0.15, 0.2) is 53.7 Å². The Labute approximate surface area is 157 Å². The predicted octanol–water partition coefficient (Wildman–Crippen LogP) is 3.56. The smallest absolute Gasteiger partial charge is 0.254 e. The van der Waals surface area contributed by atoms with Crippen LogP contribution in [-0.2, 0) is 5.41 Å². The molecule has 2 aliphatic rings. The highest BCUT2D eigenvalue weighted by atomic mass is 32.1. The Morgan fingerprint density at radius 1 is 1.23 bits per heavy atom. The lowest BCUT2D eigenvalue weighted by atomic mass is 9.68. The number of amides is 2. The standard InChI is InChI=1S/C21H22N2O2S/c1-2-10-23-15-21(18-6-4-3-5-17(18)20(23)25)8-11-22(12-9-21)19(24)16-7-13-26-14-16/h2-7,13-14H,1,8-12,15H2. The van der Waals surface area contributed by atoms with Crippen LogP contribution in [0.2, 0.25) is 0 Å². The molecule has 0 bridgehead atoms. The molecule has 2 amide bonds. The molecule has 26 heavy (non-hydrogen) atoms. The van der Waals surface area contributed by atoms with Gasteiger partial charge in [0, 0.05) is 42.5 Å². The first-order valence-corrected chi connectivity index (χ1v) is 9.90. The molecule has 0 saturated carbocycles. The molecule has 0 aliphatic carbocycles. The van der Waals surface area contributed by atoms with E-state index in [1.807, 2.05) is 44.8 Å². The van der Waals surface area contributed by atoms with E-state index in [1.54, 1.807) is 17.4 Å². The number of carbonyl (C=O) groups excluding carboxylic acids is 2. The minimum absolute atomic E-state index is 0.0705. The molecule has 1 saturated heterocycles. The van der Waals surface area contributed by atoms with Gasteiger partial charge in [0.15, 0.2) is 0 Å². The Bertz CT molecular complexity index is 835. The lowest BCUT2D eigenvalue weighted by Crippen LogP contribution is -2.55. The van der Waals surface area contributed by atoms with Crippen molar-refractivity contribution in [3.63, 3.8) is 0 Å². The number of thiophene rings is 1. The molecule has 1 fully saturated rings. The third kappa shape index (κ3) is 2.76. The monoisotopic (exact) mass is 366 g/mol. The second-order valence-electron chi connectivity index (χ2n) is 7.10. The van der Waals surface area contributed by atoms with Crippen molar-refractivity contribution in [3.05, 3.63) is 70.4 Å². The molecule has 0 N–H and O–H groups in total. The van der Waals surface area contributed by atoms with E-state index in [1.165, 1.54) is 0 Å². The fourth-order valence-corrected chi connectivity index (χ4v) is 4.89. The normalized spacial score (nSPS) is 18.7. The first-order chi connectivity index (χ1) is 12.6. The molecule has 2 aromatic rings. The van der Waals surface area contributed by atoms with E-state index in [9.17, 15) is 9.59 Å². The Morgan fingerprint density at radius 2 is 2.00 bits per heavy atom. The van der Waals surface area contributed by atoms with Crippen LogP contribution in [0.1, 0.15) is 39.1 Å². The molecule has 1 aromatic carbocycles. The average molecular weight is 366 g/mol. The lowest BCUT2D eigenvalue weighted by Gasteiger charge is -2.48. The van der Waals surface area contributed by atoms with E-state index in [0.717, 1.165) is 42.6 Å². The van der Waals surface area contributed by atoms with Crippen LogP contribution in [0, 0.1) is 0 Å². The van der Waals surface area contributed by atoms with Crippen LogP contribution < -0.4 is 0 Å². The minimum atomic E-state index is -0.0705. The van der Waals surface area contributed by atoms with Gasteiger partial charge < -0.3 is 9.80 Å². The van der Waals surface area contributed by atoms with Gasteiger partial charge in [0.1, 0.15) is 0 Å². The number of hydrogen-bond donors (Lipinski definition) is 0. The molecule has 4 nitrogen and oxygen atoms in total. The summed E-state index contributed by atoms with van der Waals surface area (Å²) in [5, 5.41) is 3.85. The third-order valence-electron chi connectivity index (χ3n) is 5.63. The fraction of sp³-hybridized carbons (Fsp3) is 0.333. The van der Waals surface area contributed by atoms with Crippen LogP contribution in [0.3, 0.4) is 0 Å². The summed E-state index contributed by atoms with van der Waals surface area (Å²) in [6.45, 7) is 6.51. The highest BCUT2D eigenvalue weighted by molar-refractivity contribution is 7.08. The molecular formula is C21H22N2O2S. The molecular weight excluding hydrogens is 344 g/mol. The maximum absolute atomic E-state index is 12.8. The second kappa shape index (κ2) is 6.72. The first-order valence-electron chi connectivity index (χ1n) is 8.96. The number of hydrogen-bond acceptors (Lipinski definition) is 3. The Morgan fingerprint density at radius 3 is 2.69 bits per heavy atom. The van der Waals surface area contributed by atoms with Crippen molar-refractivity contribution in [2.75, 3.05) is 26.2 Å². The van der Waals surface area contributed by atoms with Gasteiger partial charge in [0.05, 0.1) is 5.56 Å². The Hall–Kier alpha value is -2.40. The zero-order valence-electron chi connectivity index (χ0n) is 14.7. The van der Waals surface area contributed by atoms with Crippen LogP contribution in [-0.4, -0.2) is 47.8 Å². The van der Waals surface area contributed by atoms with Crippen LogP contribution in [0.4, 0.5) is 0 Å². The summed E-state index contributed by atoms with van der Waals surface area (Å²) >= 11 is 1.55. The number of piperidine rings is 1. The summed E-state index contributed by atoms with van der Waals surface area (Å²) in [4.78, 5) is 29.3. The molecule has 1 spiro atoms. The van der Waals surface area contributed by atoms with Gasteiger partial charge in [-0.25, -0.2) is 0 Å². The van der Waals surface area contributed by atoms with Crippen molar-refractivity contribution in [2.24, 2.45) is 0 Å². The largest absolute Gasteiger partial charge is 0.339 e. The van der Waals surface area contributed by atoms with Crippen molar-refractivity contribution in [3.8, 4) is 0 Å². The van der Waals surface area contributed by atoms with Crippen molar-refractivity contribution < 1.29 is 9.59 Å². The van der Waals surface area contributed by atoms with E-state index >= 15 is 0 Å². The van der Waals surface area contributed by atoms with E-state index in [4.69, 9.17) is 0 Å². The summed E-state index contributed by atoms with van der Waals surface area (Å²) in [6.07, 6.45) is 3.54. The Kier molecular flexibility index (Phi) is 4.41. The van der Waals surface area contributed by atoms with E-state index in [0.29, 0.717) is 13.1 Å². The summed E-state index contributed by atoms with van der Waals surface area (Å²) in [5.41, 5.74) is 2.66. The van der Waals surface area contributed by atoms with Gasteiger partial charge in [-0.2, -0.15) is 11.3 Å². The molecule has 2 aliphatic heterocycles. The first kappa shape index (κ1) is 17.0. The second-order valence-corrected chi connectivity index (χ2v) is 7.88. The lowest BCUT2D eigenvalue weighted by molar-refractivity contribution is 0.0530. The van der Waals surface area contributed by atoms with E-state index in [2.05, 4.69) is 12.6 Å². The number of carbonyl (C=O) groups is 2. The van der Waals surface area contributed by atoms with Gasteiger partial charge in [-0.1, -0.05) is 24.3 Å². The number of nitrogens with zero attached hydrogens (tertiary/aromatic N) is 2. The molecule has 0 unspecified atom stereocenters. The summed E-state index contributed by atoms with van der Waals surface area (Å²) < 4.78 is 0. The van der Waals surface area contributed by atoms with E-state index < -0.39 is 0 Å². The zero-order chi connectivity index (χ0) is 18.1. The predicted molar refractivity (Wildman–Crippen MR) is 104 cm³/mol. The summed E-state index contributed by atoms with van der Waals surface area (Å²) in [7, 11) is 0. The SMILES string of the molecule is C=CCN1CC2(CCN(C(=O)c3ccsc3)CC2)c2ccccc2C1=O. The number of rotatable bonds is 3. The van der Waals surface area contributed by atoms with Crippen molar-refractivity contribution in [1.82, 2.24) is 9.80 Å². The highest BCUT2D eigenvalue weighted by Gasteiger charge is 2.45. The molecule has 4 rings (SSSR count). The third-order valence-corrected chi connectivity index (χ3v) is 6.32. The molecule has 5 heteroatoms. The molecule has 134 valence electrons. The van der Waals surface area contributed by atoms with Gasteiger partial charge in [-0.15, -0.1) is 6.58 Å². The molecule has 3 heterocycles. The number of likely N-dealkylation sites (tertiary alicyclic amines) is 1. The topological polar surface area (TPSA) is 40.6 Å². The highest BCUT2D eigenvalue weighted by Crippen LogP contribution is 2.41. The van der Waals surface area contributed by atoms with Crippen LogP contribution >= 0.6 is 11.3 Å². The minimum Gasteiger partial charge on any atom is -0.339 e. The maximum Gasteiger partial charge on any atom is 0.254 e. The van der Waals surface area contributed by atoms with Gasteiger partial charge in [0.2, 0.25) is 0 Å². The van der Waals surface area contributed by atoms with Crippen molar-refractivity contribution >= 4 is 23.2 Å². The number of fused-ring (bicyclic) bond motifs is 2.